The molecule has 9 heteroatoms. The molecule has 0 bridgehead atoms. The molecule has 2 aromatic carbocycles. The Hall–Kier alpha value is -2.94. The van der Waals surface area contributed by atoms with Crippen molar-refractivity contribution in [2.45, 2.75) is 13.5 Å². The maximum atomic E-state index is 12.1. The Morgan fingerprint density at radius 1 is 1.23 bits per heavy atom. The number of anilines is 2. The molecular formula is C17H17BrN6O2. The van der Waals surface area contributed by atoms with Crippen molar-refractivity contribution in [3.63, 3.8) is 0 Å². The van der Waals surface area contributed by atoms with Crippen molar-refractivity contribution in [1.29, 1.82) is 0 Å². The number of hydrogen-bond donors (Lipinski definition) is 3. The predicted molar refractivity (Wildman–Crippen MR) is 101 cm³/mol. The maximum Gasteiger partial charge on any atom is 0.263 e. The van der Waals surface area contributed by atoms with E-state index in [1.165, 1.54) is 0 Å². The highest BCUT2D eigenvalue weighted by Gasteiger charge is 2.09. The molecule has 1 amide bonds. The minimum atomic E-state index is -0.228. The third kappa shape index (κ3) is 5.03. The third-order valence-electron chi connectivity index (χ3n) is 3.50. The van der Waals surface area contributed by atoms with E-state index in [0.29, 0.717) is 18.2 Å². The Kier molecular flexibility index (Phi) is 5.80. The summed E-state index contributed by atoms with van der Waals surface area (Å²) in [6.45, 7) is 2.32. The minimum absolute atomic E-state index is 0.0925. The first kappa shape index (κ1) is 17.9. The van der Waals surface area contributed by atoms with E-state index in [0.717, 1.165) is 21.3 Å². The molecule has 0 atom stereocenters. The topological polar surface area (TPSA) is 105 Å². The number of aryl methyl sites for hydroxylation is 1. The first-order valence-corrected chi connectivity index (χ1v) is 8.64. The molecule has 3 N–H and O–H groups in total. The number of H-pyrrole nitrogens is 1. The van der Waals surface area contributed by atoms with Gasteiger partial charge in [0.2, 0.25) is 0 Å². The lowest BCUT2D eigenvalue weighted by Gasteiger charge is -2.12. The van der Waals surface area contributed by atoms with Gasteiger partial charge in [-0.3, -0.25) is 4.79 Å². The van der Waals surface area contributed by atoms with Crippen LogP contribution >= 0.6 is 15.9 Å². The molecule has 0 aliphatic carbocycles. The molecule has 3 rings (SSSR count). The Labute approximate surface area is 158 Å². The van der Waals surface area contributed by atoms with Crippen LogP contribution in [0.15, 0.2) is 46.9 Å². The van der Waals surface area contributed by atoms with Gasteiger partial charge in [0.15, 0.2) is 6.61 Å². The van der Waals surface area contributed by atoms with E-state index in [1.807, 2.05) is 43.3 Å². The van der Waals surface area contributed by atoms with Crippen molar-refractivity contribution in [1.82, 2.24) is 20.6 Å². The van der Waals surface area contributed by atoms with Gasteiger partial charge in [-0.2, -0.15) is 5.21 Å². The van der Waals surface area contributed by atoms with Gasteiger partial charge in [0.05, 0.1) is 0 Å². The number of carbonyl (C=O) groups excluding carboxylic acids is 1. The smallest absolute Gasteiger partial charge is 0.263 e. The van der Waals surface area contributed by atoms with Crippen molar-refractivity contribution >= 4 is 33.5 Å². The summed E-state index contributed by atoms with van der Waals surface area (Å²) in [6, 6.07) is 13.1. The maximum absolute atomic E-state index is 12.1. The zero-order valence-electron chi connectivity index (χ0n) is 14.0. The average molecular weight is 417 g/mol. The molecule has 0 aliphatic rings. The fourth-order valence-corrected chi connectivity index (χ4v) is 2.62. The molecular weight excluding hydrogens is 400 g/mol. The number of nitrogens with zero attached hydrogens (tertiary/aromatic N) is 3. The lowest BCUT2D eigenvalue weighted by molar-refractivity contribution is -0.118. The van der Waals surface area contributed by atoms with Gasteiger partial charge in [0.25, 0.3) is 11.9 Å². The normalized spacial score (nSPS) is 10.4. The first-order chi connectivity index (χ1) is 12.6. The summed E-state index contributed by atoms with van der Waals surface area (Å²) in [6.07, 6.45) is 0. The highest BCUT2D eigenvalue weighted by atomic mass is 79.9. The largest absolute Gasteiger partial charge is 0.483 e. The number of aromatic amines is 1. The van der Waals surface area contributed by atoms with Crippen molar-refractivity contribution in [2.24, 2.45) is 0 Å². The van der Waals surface area contributed by atoms with Gasteiger partial charge in [-0.15, -0.1) is 5.10 Å². The quantitative estimate of drug-likeness (QED) is 0.546. The average Bonchev–Trinajstić information content (AvgIpc) is 3.14. The zero-order chi connectivity index (χ0) is 18.4. The van der Waals surface area contributed by atoms with Gasteiger partial charge in [0, 0.05) is 22.3 Å². The second-order valence-electron chi connectivity index (χ2n) is 5.54. The summed E-state index contributed by atoms with van der Waals surface area (Å²) in [5, 5.41) is 19.4. The van der Waals surface area contributed by atoms with E-state index < -0.39 is 0 Å². The minimum Gasteiger partial charge on any atom is -0.483 e. The van der Waals surface area contributed by atoms with Crippen LogP contribution in [-0.4, -0.2) is 33.1 Å². The molecule has 0 radical (unpaired) electrons. The summed E-state index contributed by atoms with van der Waals surface area (Å²) < 4.78 is 6.58. The van der Waals surface area contributed by atoms with E-state index in [2.05, 4.69) is 47.2 Å². The van der Waals surface area contributed by atoms with Gasteiger partial charge < -0.3 is 15.4 Å². The molecule has 26 heavy (non-hydrogen) atoms. The third-order valence-corrected chi connectivity index (χ3v) is 3.99. The van der Waals surface area contributed by atoms with Gasteiger partial charge in [-0.25, -0.2) is 0 Å². The monoisotopic (exact) mass is 416 g/mol. The Balaban J connectivity index is 1.59. The molecule has 1 heterocycles. The van der Waals surface area contributed by atoms with Crippen molar-refractivity contribution in [2.75, 3.05) is 17.2 Å². The molecule has 0 saturated heterocycles. The molecule has 1 aromatic heterocycles. The van der Waals surface area contributed by atoms with Crippen LogP contribution in [0, 0.1) is 6.92 Å². The number of tetrazole rings is 1. The molecule has 0 unspecified atom stereocenters. The van der Waals surface area contributed by atoms with Crippen LogP contribution in [0.3, 0.4) is 0 Å². The summed E-state index contributed by atoms with van der Waals surface area (Å²) in [5.74, 6) is 0.755. The number of amides is 1. The number of benzene rings is 2. The molecule has 134 valence electrons. The number of halogens is 1. The number of nitrogens with one attached hydrogen (secondary N) is 3. The fraction of sp³-hybridized carbons (Fsp3) is 0.176. The van der Waals surface area contributed by atoms with Crippen LogP contribution in [0.4, 0.5) is 11.6 Å². The summed E-state index contributed by atoms with van der Waals surface area (Å²) in [5.41, 5.74) is 2.72. The van der Waals surface area contributed by atoms with Crippen LogP contribution in [-0.2, 0) is 11.3 Å². The van der Waals surface area contributed by atoms with E-state index >= 15 is 0 Å². The van der Waals surface area contributed by atoms with Crippen molar-refractivity contribution in [3.8, 4) is 5.75 Å². The highest BCUT2D eigenvalue weighted by Crippen LogP contribution is 2.24. The van der Waals surface area contributed by atoms with Crippen molar-refractivity contribution < 1.29 is 9.53 Å². The fourth-order valence-electron chi connectivity index (χ4n) is 2.22. The highest BCUT2D eigenvalue weighted by molar-refractivity contribution is 9.10. The number of hydrogen-bond acceptors (Lipinski definition) is 6. The molecule has 0 fully saturated rings. The van der Waals surface area contributed by atoms with E-state index in [4.69, 9.17) is 4.74 Å². The van der Waals surface area contributed by atoms with Crippen molar-refractivity contribution in [3.05, 3.63) is 58.1 Å². The number of rotatable bonds is 7. The SMILES string of the molecule is Cc1ccc(NC(=O)COc2ccc(Br)cc2CNc2nn[nH]n2)cc1. The molecule has 0 aliphatic heterocycles. The number of aromatic nitrogens is 4. The summed E-state index contributed by atoms with van der Waals surface area (Å²) in [4.78, 5) is 12.1. The Bertz CT molecular complexity index is 867. The molecule has 0 saturated carbocycles. The summed E-state index contributed by atoms with van der Waals surface area (Å²) >= 11 is 3.43. The molecule has 3 aromatic rings. The van der Waals surface area contributed by atoms with Crippen LogP contribution in [0.1, 0.15) is 11.1 Å². The van der Waals surface area contributed by atoms with Crippen LogP contribution in [0.5, 0.6) is 5.75 Å². The van der Waals surface area contributed by atoms with E-state index in [1.54, 1.807) is 6.07 Å². The van der Waals surface area contributed by atoms with Gasteiger partial charge >= 0.3 is 0 Å². The van der Waals surface area contributed by atoms with Crippen LogP contribution < -0.4 is 15.4 Å². The Morgan fingerprint density at radius 2 is 2.04 bits per heavy atom. The van der Waals surface area contributed by atoms with Crippen LogP contribution in [0.2, 0.25) is 0 Å². The molecule has 0 spiro atoms. The second kappa shape index (κ2) is 8.43. The number of ether oxygens (including phenoxy) is 1. The predicted octanol–water partition coefficient (Wildman–Crippen LogP) is 2.90. The van der Waals surface area contributed by atoms with Gasteiger partial charge in [-0.1, -0.05) is 38.7 Å². The second-order valence-corrected chi connectivity index (χ2v) is 6.46. The lowest BCUT2D eigenvalue weighted by Crippen LogP contribution is -2.20. The van der Waals surface area contributed by atoms with E-state index in [9.17, 15) is 4.79 Å². The zero-order valence-corrected chi connectivity index (χ0v) is 15.6. The summed E-state index contributed by atoms with van der Waals surface area (Å²) in [7, 11) is 0. The van der Waals surface area contributed by atoms with Crippen LogP contribution in [0.25, 0.3) is 0 Å². The lowest BCUT2D eigenvalue weighted by atomic mass is 10.2. The standard InChI is InChI=1S/C17H17BrN6O2/c1-11-2-5-14(6-3-11)20-16(25)10-26-15-7-4-13(18)8-12(15)9-19-17-21-23-24-22-17/h2-8H,9-10H2,1H3,(H,20,25)(H2,19,21,22,23,24). The van der Waals surface area contributed by atoms with Gasteiger partial charge in [0.1, 0.15) is 5.75 Å². The Morgan fingerprint density at radius 3 is 2.77 bits per heavy atom. The number of carbonyl (C=O) groups is 1. The first-order valence-electron chi connectivity index (χ1n) is 7.85. The van der Waals surface area contributed by atoms with Gasteiger partial charge in [-0.05, 0) is 42.5 Å². The van der Waals surface area contributed by atoms with E-state index in [-0.39, 0.29) is 12.5 Å². The molecule has 8 nitrogen and oxygen atoms in total.